The molecule has 1 atom stereocenters. The molecule has 1 aliphatic rings. The van der Waals surface area contributed by atoms with Crippen LogP contribution in [0.1, 0.15) is 36.2 Å². The Kier molecular flexibility index (Phi) is 9.01. The molecule has 3 aromatic heterocycles. The molecule has 0 aliphatic carbocycles. The third kappa shape index (κ3) is 6.15. The average Bonchev–Trinajstić information content (AvgIpc) is 3.58. The number of pyridine rings is 2. The van der Waals surface area contributed by atoms with Gasteiger partial charge in [-0.3, -0.25) is 5.32 Å². The quantitative estimate of drug-likeness (QED) is 0.145. The van der Waals surface area contributed by atoms with Gasteiger partial charge in [0.2, 0.25) is 11.8 Å². The van der Waals surface area contributed by atoms with Gasteiger partial charge in [-0.05, 0) is 47.4 Å². The molecule has 1 aliphatic heterocycles. The van der Waals surface area contributed by atoms with E-state index in [9.17, 15) is 4.78 Å². The van der Waals surface area contributed by atoms with Crippen molar-refractivity contribution in [3.05, 3.63) is 150 Å². The highest BCUT2D eigenvalue weighted by Crippen LogP contribution is 2.47. The van der Waals surface area contributed by atoms with Gasteiger partial charge in [-0.15, -0.1) is 0 Å². The fourth-order valence-corrected chi connectivity index (χ4v) is 8.46. The fourth-order valence-electron chi connectivity index (χ4n) is 6.70. The molecule has 0 fully saturated rings. The van der Waals surface area contributed by atoms with E-state index in [1.165, 1.54) is 13.3 Å². The number of amides is 2. The van der Waals surface area contributed by atoms with Gasteiger partial charge >= 0.3 is 6.03 Å². The van der Waals surface area contributed by atoms with E-state index in [2.05, 4.69) is 15.4 Å². The molecular weight excluding hydrogens is 675 g/mol. The Labute approximate surface area is 303 Å². The van der Waals surface area contributed by atoms with E-state index in [-0.39, 0.29) is 22.0 Å². The minimum atomic E-state index is -4.30. The van der Waals surface area contributed by atoms with Crippen LogP contribution >= 0.6 is 0 Å². The molecule has 0 radical (unpaired) electrons. The van der Waals surface area contributed by atoms with Gasteiger partial charge in [-0.25, -0.2) is 32.7 Å². The summed E-state index contributed by atoms with van der Waals surface area (Å²) in [5.41, 5.74) is 1.88. The summed E-state index contributed by atoms with van der Waals surface area (Å²) in [6.07, 6.45) is 3.00. The van der Waals surface area contributed by atoms with Crippen molar-refractivity contribution < 1.29 is 18.5 Å². The molecule has 2 N–H and O–H groups in total. The maximum atomic E-state index is 15.8. The number of anilines is 1. The summed E-state index contributed by atoms with van der Waals surface area (Å²) in [4.78, 5) is 24.4. The number of nitrogens with zero attached hydrogens (tertiary/aromatic N) is 5. The summed E-state index contributed by atoms with van der Waals surface area (Å²) in [7, 11) is -2.77. The molecular formula is C40H39N7O4S. The summed E-state index contributed by atoms with van der Waals surface area (Å²) in [6, 6.07) is 34.5. The van der Waals surface area contributed by atoms with Crippen molar-refractivity contribution in [2.75, 3.05) is 19.0 Å². The van der Waals surface area contributed by atoms with Crippen LogP contribution in [0.25, 0.3) is 11.1 Å². The molecule has 264 valence electrons. The van der Waals surface area contributed by atoms with Crippen LogP contribution < -0.4 is 14.8 Å². The highest BCUT2D eigenvalue weighted by molar-refractivity contribution is 7.90. The van der Waals surface area contributed by atoms with Crippen molar-refractivity contribution >= 4 is 21.8 Å². The molecule has 1 unspecified atom stereocenters. The van der Waals surface area contributed by atoms with Crippen LogP contribution in [-0.2, 0) is 22.0 Å². The highest BCUT2D eigenvalue weighted by Gasteiger charge is 2.51. The molecule has 7 rings (SSSR count). The second-order valence-corrected chi connectivity index (χ2v) is 15.3. The number of hydrogen-bond acceptors (Lipinski definition) is 8. The number of aryl methyl sites for hydroxylation is 1. The molecule has 12 heteroatoms. The first-order chi connectivity index (χ1) is 25.0. The number of rotatable bonds is 9. The first kappa shape index (κ1) is 34.4. The number of carbonyl (C=O) groups is 1. The molecule has 6 aromatic rings. The Bertz CT molecular complexity index is 2230. The normalized spacial score (nSPS) is 14.7. The van der Waals surface area contributed by atoms with Crippen LogP contribution in [0, 0.1) is 17.1 Å². The van der Waals surface area contributed by atoms with Gasteiger partial charge in [0, 0.05) is 28.9 Å². The van der Waals surface area contributed by atoms with Gasteiger partial charge in [0.25, 0.3) is 0 Å². The number of ether oxygens (including phenoxy) is 2. The van der Waals surface area contributed by atoms with Crippen LogP contribution in [0.5, 0.6) is 11.8 Å². The number of hydrogen-bond donors (Lipinski definition) is 2. The summed E-state index contributed by atoms with van der Waals surface area (Å²) in [5, 5.41) is 7.54. The number of urea groups is 1. The third-order valence-electron chi connectivity index (χ3n) is 9.07. The van der Waals surface area contributed by atoms with Crippen LogP contribution in [0.4, 0.5) is 10.6 Å². The van der Waals surface area contributed by atoms with Crippen molar-refractivity contribution in [1.29, 1.82) is 4.78 Å². The predicted octanol–water partition coefficient (Wildman–Crippen LogP) is 7.92. The summed E-state index contributed by atoms with van der Waals surface area (Å²) < 4.78 is 40.2. The topological polar surface area (TPSA) is 135 Å². The van der Waals surface area contributed by atoms with Gasteiger partial charge in [-0.1, -0.05) is 105 Å². The number of nitrogens with one attached hydrogen (secondary N) is 2. The van der Waals surface area contributed by atoms with E-state index in [0.717, 1.165) is 4.31 Å². The molecule has 11 nitrogen and oxygen atoms in total. The zero-order chi connectivity index (χ0) is 36.5. The monoisotopic (exact) mass is 713 g/mol. The maximum Gasteiger partial charge on any atom is 0.337 e. The van der Waals surface area contributed by atoms with E-state index in [1.807, 2.05) is 124 Å². The molecule has 0 saturated heterocycles. The molecule has 0 spiro atoms. The minimum Gasteiger partial charge on any atom is -0.481 e. The Balaban J connectivity index is 1.51. The zero-order valence-electron chi connectivity index (χ0n) is 29.3. The lowest BCUT2D eigenvalue weighted by Gasteiger charge is -2.45. The van der Waals surface area contributed by atoms with Crippen LogP contribution in [0.15, 0.2) is 133 Å². The Morgan fingerprint density at radius 3 is 2.12 bits per heavy atom. The predicted molar refractivity (Wildman–Crippen MR) is 199 cm³/mol. The third-order valence-corrected chi connectivity index (χ3v) is 10.9. The first-order valence-corrected chi connectivity index (χ1v) is 18.3. The van der Waals surface area contributed by atoms with Crippen molar-refractivity contribution in [1.82, 2.24) is 24.1 Å². The molecule has 0 saturated carbocycles. The van der Waals surface area contributed by atoms with Gasteiger partial charge in [-0.2, -0.15) is 5.10 Å². The van der Waals surface area contributed by atoms with E-state index in [1.54, 1.807) is 23.0 Å². The second kappa shape index (κ2) is 13.6. The van der Waals surface area contributed by atoms with E-state index >= 15 is 9.00 Å². The fraction of sp³-hybridized carbons (Fsp3) is 0.200. The SMILES string of the molecule is COc1cc(-c2ccc(C)nc2NC(=O)N(C(c2ccccc2)(c2ccccc2)c2ccccc2)S(=N)(=O)c2cnn3c2OCC(C)(C)C3)ccn1. The molecule has 52 heavy (non-hydrogen) atoms. The number of methoxy groups -OCH3 is 1. The standard InChI is InChI=1S/C40H39N7O4S/c1-28-20-21-33(29-22-23-42-35(24-29)50-4)36(44-28)45-38(48)47(52(41,49)34-25-43-46-26-39(2,3)27-51-37(34)46)40(30-14-8-5-9-15-30,31-16-10-6-11-17-31)32-18-12-7-13-19-32/h5-25,41H,26-27H2,1-4H3,(H,44,45,48). The first-order valence-electron chi connectivity index (χ1n) is 16.8. The van der Waals surface area contributed by atoms with Gasteiger partial charge in [0.1, 0.15) is 16.3 Å². The summed E-state index contributed by atoms with van der Waals surface area (Å²) in [6.45, 7) is 6.71. The lowest BCUT2D eigenvalue weighted by molar-refractivity contribution is 0.0970. The van der Waals surface area contributed by atoms with Gasteiger partial charge in [0.15, 0.2) is 9.92 Å². The van der Waals surface area contributed by atoms with Crippen LogP contribution in [-0.4, -0.2) is 48.0 Å². The Hall–Kier alpha value is -6.01. The summed E-state index contributed by atoms with van der Waals surface area (Å²) >= 11 is 0. The van der Waals surface area contributed by atoms with E-state index in [4.69, 9.17) is 14.5 Å². The highest BCUT2D eigenvalue weighted by atomic mass is 32.2. The minimum absolute atomic E-state index is 0.0124. The largest absolute Gasteiger partial charge is 0.481 e. The van der Waals surface area contributed by atoms with Crippen molar-refractivity contribution in [2.24, 2.45) is 5.41 Å². The van der Waals surface area contributed by atoms with Gasteiger partial charge < -0.3 is 9.47 Å². The number of benzene rings is 3. The van der Waals surface area contributed by atoms with Crippen molar-refractivity contribution in [2.45, 2.75) is 37.8 Å². The van der Waals surface area contributed by atoms with Crippen LogP contribution in [0.2, 0.25) is 0 Å². The maximum absolute atomic E-state index is 15.8. The lowest BCUT2D eigenvalue weighted by Crippen LogP contribution is -2.55. The number of fused-ring (bicyclic) bond motifs is 1. The molecule has 3 aromatic carbocycles. The van der Waals surface area contributed by atoms with Crippen LogP contribution in [0.3, 0.4) is 0 Å². The smallest absolute Gasteiger partial charge is 0.337 e. The molecule has 4 heterocycles. The number of carbonyl (C=O) groups excluding carboxylic acids is 1. The second-order valence-electron chi connectivity index (χ2n) is 13.4. The van der Waals surface area contributed by atoms with Crippen molar-refractivity contribution in [3.8, 4) is 22.9 Å². The zero-order valence-corrected chi connectivity index (χ0v) is 30.1. The van der Waals surface area contributed by atoms with Crippen molar-refractivity contribution in [3.63, 3.8) is 0 Å². The van der Waals surface area contributed by atoms with E-state index in [0.29, 0.717) is 52.5 Å². The molecule has 0 bridgehead atoms. The lowest BCUT2D eigenvalue weighted by atomic mass is 9.77. The van der Waals surface area contributed by atoms with Gasteiger partial charge in [0.05, 0.1) is 26.5 Å². The number of aromatic nitrogens is 4. The Morgan fingerprint density at radius 1 is 0.942 bits per heavy atom. The average molecular weight is 714 g/mol. The van der Waals surface area contributed by atoms with E-state index < -0.39 is 21.5 Å². The Morgan fingerprint density at radius 2 is 1.54 bits per heavy atom. The molecule has 2 amide bonds. The summed E-state index contributed by atoms with van der Waals surface area (Å²) in [5.74, 6) is 0.784.